The lowest BCUT2D eigenvalue weighted by atomic mass is 9.99. The molecule has 0 aromatic carbocycles. The van der Waals surface area contributed by atoms with Crippen molar-refractivity contribution >= 4 is 0 Å². The van der Waals surface area contributed by atoms with E-state index in [1.54, 1.807) is 0 Å². The summed E-state index contributed by atoms with van der Waals surface area (Å²) in [7, 11) is 0. The first-order chi connectivity index (χ1) is 8.69. The van der Waals surface area contributed by atoms with Crippen LogP contribution in [-0.2, 0) is 6.54 Å². The molecule has 0 amide bonds. The fourth-order valence-corrected chi connectivity index (χ4v) is 2.44. The highest BCUT2D eigenvalue weighted by atomic mass is 16.5. The van der Waals surface area contributed by atoms with Gasteiger partial charge in [-0.3, -0.25) is 4.90 Å². The maximum Gasteiger partial charge on any atom is 0.223 e. The normalized spacial score (nSPS) is 23.8. The van der Waals surface area contributed by atoms with Crippen LogP contribution in [0.25, 0.3) is 0 Å². The zero-order chi connectivity index (χ0) is 13.0. The fourth-order valence-electron chi connectivity index (χ4n) is 2.44. The Balaban J connectivity index is 1.94. The summed E-state index contributed by atoms with van der Waals surface area (Å²) in [5.74, 6) is 2.16. The zero-order valence-corrected chi connectivity index (χ0v) is 11.6. The molecule has 2 unspecified atom stereocenters. The van der Waals surface area contributed by atoms with Crippen molar-refractivity contribution in [3.63, 3.8) is 0 Å². The summed E-state index contributed by atoms with van der Waals surface area (Å²) in [5, 5.41) is 7.63. The number of aryl methyl sites for hydroxylation is 1. The topological polar surface area (TPSA) is 54.2 Å². The lowest BCUT2D eigenvalue weighted by Gasteiger charge is -2.27. The lowest BCUT2D eigenvalue weighted by molar-refractivity contribution is 0.224. The van der Waals surface area contributed by atoms with Gasteiger partial charge in [0.25, 0.3) is 0 Å². The molecule has 2 rings (SSSR count). The van der Waals surface area contributed by atoms with Crippen molar-refractivity contribution in [1.82, 2.24) is 20.4 Å². The van der Waals surface area contributed by atoms with E-state index < -0.39 is 0 Å². The second kappa shape index (κ2) is 6.29. The maximum atomic E-state index is 5.03. The molecule has 0 aliphatic carbocycles. The standard InChI is InChI=1S/C13H24N4O/c1-4-10(2)12-8-17(7-5-6-14-12)9-13-15-11(3)18-16-13/h10,12,14H,4-9H2,1-3H3. The monoisotopic (exact) mass is 252 g/mol. The molecule has 0 radical (unpaired) electrons. The molecular weight excluding hydrogens is 228 g/mol. The highest BCUT2D eigenvalue weighted by molar-refractivity contribution is 4.87. The van der Waals surface area contributed by atoms with Crippen LogP contribution >= 0.6 is 0 Å². The Morgan fingerprint density at radius 1 is 1.56 bits per heavy atom. The van der Waals surface area contributed by atoms with Gasteiger partial charge in [-0.15, -0.1) is 0 Å². The molecule has 1 aliphatic rings. The van der Waals surface area contributed by atoms with Gasteiger partial charge in [-0.2, -0.15) is 4.98 Å². The van der Waals surface area contributed by atoms with Crippen molar-refractivity contribution in [2.24, 2.45) is 5.92 Å². The van der Waals surface area contributed by atoms with Crippen LogP contribution in [0, 0.1) is 12.8 Å². The fraction of sp³-hybridized carbons (Fsp3) is 0.846. The average molecular weight is 252 g/mol. The Morgan fingerprint density at radius 2 is 2.39 bits per heavy atom. The summed E-state index contributed by atoms with van der Waals surface area (Å²) in [6, 6.07) is 0.575. The van der Waals surface area contributed by atoms with Crippen molar-refractivity contribution in [2.45, 2.75) is 46.2 Å². The van der Waals surface area contributed by atoms with Crippen molar-refractivity contribution in [2.75, 3.05) is 19.6 Å². The first-order valence-corrected chi connectivity index (χ1v) is 6.94. The van der Waals surface area contributed by atoms with Crippen molar-refractivity contribution in [3.8, 4) is 0 Å². The molecule has 1 saturated heterocycles. The predicted octanol–water partition coefficient (Wildman–Crippen LogP) is 1.59. The molecule has 2 atom stereocenters. The van der Waals surface area contributed by atoms with Gasteiger partial charge in [0.05, 0.1) is 6.54 Å². The molecular formula is C13H24N4O. The van der Waals surface area contributed by atoms with Gasteiger partial charge in [-0.05, 0) is 25.4 Å². The van der Waals surface area contributed by atoms with Gasteiger partial charge < -0.3 is 9.84 Å². The smallest absolute Gasteiger partial charge is 0.223 e. The average Bonchev–Trinajstić information content (AvgIpc) is 2.64. The van der Waals surface area contributed by atoms with E-state index in [0.29, 0.717) is 17.9 Å². The Bertz CT molecular complexity index is 366. The minimum absolute atomic E-state index is 0.575. The number of rotatable bonds is 4. The highest BCUT2D eigenvalue weighted by Crippen LogP contribution is 2.13. The third kappa shape index (κ3) is 3.53. The van der Waals surface area contributed by atoms with E-state index in [1.165, 1.54) is 12.8 Å². The summed E-state index contributed by atoms with van der Waals surface area (Å²) in [6.07, 6.45) is 2.40. The van der Waals surface area contributed by atoms with Crippen molar-refractivity contribution in [1.29, 1.82) is 0 Å². The van der Waals surface area contributed by atoms with Gasteiger partial charge >= 0.3 is 0 Å². The minimum Gasteiger partial charge on any atom is -0.340 e. The summed E-state index contributed by atoms with van der Waals surface area (Å²) in [5.41, 5.74) is 0. The zero-order valence-electron chi connectivity index (χ0n) is 11.6. The van der Waals surface area contributed by atoms with Crippen LogP contribution in [0.5, 0.6) is 0 Å². The molecule has 5 nitrogen and oxygen atoms in total. The molecule has 1 aromatic heterocycles. The minimum atomic E-state index is 0.575. The quantitative estimate of drug-likeness (QED) is 0.882. The third-order valence-corrected chi connectivity index (χ3v) is 3.78. The number of hydrogen-bond donors (Lipinski definition) is 1. The molecule has 0 spiro atoms. The number of nitrogens with zero attached hydrogens (tertiary/aromatic N) is 3. The largest absolute Gasteiger partial charge is 0.340 e. The van der Waals surface area contributed by atoms with Crippen LogP contribution in [0.4, 0.5) is 0 Å². The molecule has 18 heavy (non-hydrogen) atoms. The molecule has 1 aromatic rings. The van der Waals surface area contributed by atoms with Crippen LogP contribution in [-0.4, -0.2) is 40.7 Å². The molecule has 102 valence electrons. The molecule has 1 fully saturated rings. The van der Waals surface area contributed by atoms with Crippen molar-refractivity contribution < 1.29 is 4.52 Å². The maximum absolute atomic E-state index is 5.03. The first kappa shape index (κ1) is 13.5. The van der Waals surface area contributed by atoms with Gasteiger partial charge in [-0.25, -0.2) is 0 Å². The summed E-state index contributed by atoms with van der Waals surface area (Å²) < 4.78 is 5.03. The highest BCUT2D eigenvalue weighted by Gasteiger charge is 2.22. The first-order valence-electron chi connectivity index (χ1n) is 6.94. The molecule has 5 heteroatoms. The molecule has 0 bridgehead atoms. The Hall–Kier alpha value is -0.940. The van der Waals surface area contributed by atoms with Gasteiger partial charge in [0, 0.05) is 19.5 Å². The molecule has 2 heterocycles. The second-order valence-electron chi connectivity index (χ2n) is 5.26. The Labute approximate surface area is 109 Å². The Kier molecular flexibility index (Phi) is 4.72. The summed E-state index contributed by atoms with van der Waals surface area (Å²) >= 11 is 0. The number of aromatic nitrogens is 2. The van der Waals surface area contributed by atoms with Crippen LogP contribution in [0.2, 0.25) is 0 Å². The van der Waals surface area contributed by atoms with Gasteiger partial charge in [-0.1, -0.05) is 25.4 Å². The number of nitrogens with one attached hydrogen (secondary N) is 1. The van der Waals surface area contributed by atoms with E-state index in [2.05, 4.69) is 34.2 Å². The van der Waals surface area contributed by atoms with E-state index >= 15 is 0 Å². The third-order valence-electron chi connectivity index (χ3n) is 3.78. The molecule has 0 saturated carbocycles. The molecule has 1 aliphatic heterocycles. The van der Waals surface area contributed by atoms with Crippen LogP contribution in [0.1, 0.15) is 38.4 Å². The number of hydrogen-bond acceptors (Lipinski definition) is 5. The Morgan fingerprint density at radius 3 is 3.06 bits per heavy atom. The van der Waals surface area contributed by atoms with E-state index in [4.69, 9.17) is 4.52 Å². The van der Waals surface area contributed by atoms with E-state index in [0.717, 1.165) is 32.0 Å². The SMILES string of the molecule is CCC(C)C1CN(Cc2noc(C)n2)CCCN1. The predicted molar refractivity (Wildman–Crippen MR) is 70.2 cm³/mol. The van der Waals surface area contributed by atoms with Gasteiger partial charge in [0.2, 0.25) is 5.89 Å². The van der Waals surface area contributed by atoms with E-state index in [9.17, 15) is 0 Å². The molecule has 1 N–H and O–H groups in total. The van der Waals surface area contributed by atoms with E-state index in [-0.39, 0.29) is 0 Å². The lowest BCUT2D eigenvalue weighted by Crippen LogP contribution is -2.41. The van der Waals surface area contributed by atoms with E-state index in [1.807, 2.05) is 6.92 Å². The van der Waals surface area contributed by atoms with Gasteiger partial charge in [0.15, 0.2) is 5.82 Å². The van der Waals surface area contributed by atoms with Crippen molar-refractivity contribution in [3.05, 3.63) is 11.7 Å². The summed E-state index contributed by atoms with van der Waals surface area (Å²) in [4.78, 5) is 6.72. The van der Waals surface area contributed by atoms with Gasteiger partial charge in [0.1, 0.15) is 0 Å². The summed E-state index contributed by atoms with van der Waals surface area (Å²) in [6.45, 7) is 10.5. The van der Waals surface area contributed by atoms with Crippen LogP contribution in [0.15, 0.2) is 4.52 Å². The van der Waals surface area contributed by atoms with Crippen LogP contribution < -0.4 is 5.32 Å². The second-order valence-corrected chi connectivity index (χ2v) is 5.26. The van der Waals surface area contributed by atoms with Crippen LogP contribution in [0.3, 0.4) is 0 Å².